The van der Waals surface area contributed by atoms with Crippen LogP contribution in [0.15, 0.2) is 12.3 Å². The van der Waals surface area contributed by atoms with E-state index >= 15 is 0 Å². The molecule has 2 N–H and O–H groups in total. The fourth-order valence-electron chi connectivity index (χ4n) is 4.76. The zero-order valence-corrected chi connectivity index (χ0v) is 21.8. The summed E-state index contributed by atoms with van der Waals surface area (Å²) in [6.45, 7) is 1.43. The molecule has 4 heterocycles. The number of alkyl halides is 5. The summed E-state index contributed by atoms with van der Waals surface area (Å²) in [6, 6.07) is 0.805. The van der Waals surface area contributed by atoms with Crippen LogP contribution in [0.4, 0.5) is 27.8 Å². The molecule has 4 rings (SSSR count). The zero-order chi connectivity index (χ0) is 28.0. The molecule has 0 aliphatic carbocycles. The molecule has 0 atom stereocenters. The van der Waals surface area contributed by atoms with E-state index < -0.39 is 47.9 Å². The molecule has 8 nitrogen and oxygen atoms in total. The Balaban J connectivity index is 1.79. The van der Waals surface area contributed by atoms with Gasteiger partial charge >= 0.3 is 6.18 Å². The van der Waals surface area contributed by atoms with Gasteiger partial charge in [-0.1, -0.05) is 0 Å². The molecule has 2 aliphatic rings. The van der Waals surface area contributed by atoms with Crippen molar-refractivity contribution in [2.45, 2.75) is 69.8 Å². The summed E-state index contributed by atoms with van der Waals surface area (Å²) < 4.78 is 66.1. The van der Waals surface area contributed by atoms with E-state index in [0.717, 1.165) is 49.3 Å². The van der Waals surface area contributed by atoms with Crippen molar-refractivity contribution in [3.05, 3.63) is 28.5 Å². The number of nitrogens with one attached hydrogen (secondary N) is 1. The number of aromatic nitrogens is 2. The van der Waals surface area contributed by atoms with Crippen LogP contribution in [-0.4, -0.2) is 80.7 Å². The lowest BCUT2D eigenvalue weighted by atomic mass is 10.0. The van der Waals surface area contributed by atoms with Crippen LogP contribution in [0.1, 0.15) is 71.8 Å². The first kappa shape index (κ1) is 28.1. The van der Waals surface area contributed by atoms with Crippen LogP contribution in [0.25, 0.3) is 10.4 Å². The van der Waals surface area contributed by atoms with E-state index in [1.54, 1.807) is 18.7 Å². The predicted molar refractivity (Wildman–Crippen MR) is 130 cm³/mol. The summed E-state index contributed by atoms with van der Waals surface area (Å²) in [7, 11) is 1.45. The number of hydrogen-bond acceptors (Lipinski definition) is 7. The van der Waals surface area contributed by atoms with Crippen molar-refractivity contribution in [3.63, 3.8) is 0 Å². The van der Waals surface area contributed by atoms with Crippen LogP contribution in [0.5, 0.6) is 0 Å². The number of likely N-dealkylation sites (N-methyl/N-ethyl adjacent to an activating group) is 1. The van der Waals surface area contributed by atoms with Crippen LogP contribution >= 0.6 is 11.3 Å². The Morgan fingerprint density at radius 3 is 2.34 bits per heavy atom. The molecule has 2 amide bonds. The third-order valence-electron chi connectivity index (χ3n) is 7.19. The second kappa shape index (κ2) is 10.4. The monoisotopic (exact) mass is 561 g/mol. The van der Waals surface area contributed by atoms with Crippen molar-refractivity contribution < 1.29 is 36.6 Å². The molecular formula is C24H28F5N5O3S. The molecule has 14 heteroatoms. The van der Waals surface area contributed by atoms with Gasteiger partial charge in [0.2, 0.25) is 0 Å². The molecule has 2 aliphatic heterocycles. The molecule has 0 unspecified atom stereocenters. The third-order valence-corrected chi connectivity index (χ3v) is 8.26. The molecule has 0 radical (unpaired) electrons. The van der Waals surface area contributed by atoms with E-state index in [2.05, 4.69) is 9.97 Å². The SMILES string of the molecule is CN(C(=O)c1nc(C(=O)N2C3CCC2CC3)c(-c2cnc(NCC(F)(F)F)cc2C(F)F)s1)C(C)(C)CO. The maximum atomic E-state index is 14.1. The maximum absolute atomic E-state index is 14.1. The first-order chi connectivity index (χ1) is 17.7. The predicted octanol–water partition coefficient (Wildman–Crippen LogP) is 4.73. The van der Waals surface area contributed by atoms with E-state index in [9.17, 15) is 36.6 Å². The largest absolute Gasteiger partial charge is 0.405 e. The van der Waals surface area contributed by atoms with Crippen molar-refractivity contribution >= 4 is 29.0 Å². The average Bonchev–Trinajstić information content (AvgIpc) is 3.60. The lowest BCUT2D eigenvalue weighted by molar-refractivity contribution is -0.115. The van der Waals surface area contributed by atoms with Crippen molar-refractivity contribution in [2.75, 3.05) is 25.5 Å². The standard InChI is InChI=1S/C24H28F5N5O3S/c1-23(2,11-35)33(3)22(37)20-32-17(21(36)34-12-4-5-13(34)7-6-12)18(38-20)15-9-30-16(8-14(15)19(25)26)31-10-24(27,28)29/h8-9,12-13,19,35H,4-7,10-11H2,1-3H3,(H,30,31). The first-order valence-corrected chi connectivity index (χ1v) is 12.9. The van der Waals surface area contributed by atoms with Crippen LogP contribution in [-0.2, 0) is 0 Å². The van der Waals surface area contributed by atoms with Gasteiger partial charge in [0.25, 0.3) is 18.2 Å². The molecule has 2 aromatic rings. The van der Waals surface area contributed by atoms with Crippen LogP contribution in [0.3, 0.4) is 0 Å². The van der Waals surface area contributed by atoms with Crippen LogP contribution < -0.4 is 5.32 Å². The van der Waals surface area contributed by atoms with Gasteiger partial charge in [-0.25, -0.2) is 18.7 Å². The number of carbonyl (C=O) groups excluding carboxylic acids is 2. The lowest BCUT2D eigenvalue weighted by Crippen LogP contribution is -2.47. The lowest BCUT2D eigenvalue weighted by Gasteiger charge is -2.33. The smallest absolute Gasteiger partial charge is 0.394 e. The second-order valence-corrected chi connectivity index (χ2v) is 11.1. The number of nitrogens with zero attached hydrogens (tertiary/aromatic N) is 4. The Bertz CT molecular complexity index is 1200. The van der Waals surface area contributed by atoms with Crippen LogP contribution in [0.2, 0.25) is 0 Å². The zero-order valence-electron chi connectivity index (χ0n) is 21.0. The molecule has 2 fully saturated rings. The Kier molecular flexibility index (Phi) is 7.67. The van der Waals surface area contributed by atoms with Crippen LogP contribution in [0, 0.1) is 0 Å². The van der Waals surface area contributed by atoms with E-state index in [-0.39, 0.29) is 39.8 Å². The van der Waals surface area contributed by atoms with Crippen molar-refractivity contribution in [3.8, 4) is 10.4 Å². The highest BCUT2D eigenvalue weighted by Gasteiger charge is 2.44. The van der Waals surface area contributed by atoms with Gasteiger partial charge in [0.15, 0.2) is 5.01 Å². The first-order valence-electron chi connectivity index (χ1n) is 12.0. The molecule has 2 aromatic heterocycles. The van der Waals surface area contributed by atoms with E-state index in [4.69, 9.17) is 0 Å². The molecule has 0 spiro atoms. The van der Waals surface area contributed by atoms with Gasteiger partial charge in [-0.15, -0.1) is 11.3 Å². The fraction of sp³-hybridized carbons (Fsp3) is 0.583. The highest BCUT2D eigenvalue weighted by Crippen LogP contribution is 2.42. The van der Waals surface area contributed by atoms with Gasteiger partial charge in [0.1, 0.15) is 18.1 Å². The number of amides is 2. The summed E-state index contributed by atoms with van der Waals surface area (Å²) in [4.78, 5) is 38.0. The van der Waals surface area contributed by atoms with E-state index in [0.29, 0.717) is 0 Å². The average molecular weight is 562 g/mol. The Labute approximate surface area is 219 Å². The van der Waals surface area contributed by atoms with Gasteiger partial charge in [0, 0.05) is 36.5 Å². The summed E-state index contributed by atoms with van der Waals surface area (Å²) in [5.41, 5.74) is -1.97. The Morgan fingerprint density at radius 1 is 1.21 bits per heavy atom. The highest BCUT2D eigenvalue weighted by molar-refractivity contribution is 7.17. The van der Waals surface area contributed by atoms with Crippen molar-refractivity contribution in [1.29, 1.82) is 0 Å². The molecule has 0 saturated carbocycles. The van der Waals surface area contributed by atoms with Gasteiger partial charge in [-0.3, -0.25) is 9.59 Å². The summed E-state index contributed by atoms with van der Waals surface area (Å²) in [5.74, 6) is -1.50. The fourth-order valence-corrected chi connectivity index (χ4v) is 5.82. The minimum absolute atomic E-state index is 0.00108. The Morgan fingerprint density at radius 2 is 1.82 bits per heavy atom. The molecule has 208 valence electrons. The number of carbonyl (C=O) groups is 2. The number of aliphatic hydroxyl groups is 1. The van der Waals surface area contributed by atoms with Crippen molar-refractivity contribution in [2.24, 2.45) is 0 Å². The topological polar surface area (TPSA) is 98.7 Å². The molecule has 0 aromatic carbocycles. The highest BCUT2D eigenvalue weighted by atomic mass is 32.1. The third kappa shape index (κ3) is 5.46. The number of thiazole rings is 1. The number of rotatable bonds is 8. The number of fused-ring (bicyclic) bond motifs is 2. The quantitative estimate of drug-likeness (QED) is 0.453. The maximum Gasteiger partial charge on any atom is 0.405 e. The molecule has 2 saturated heterocycles. The van der Waals surface area contributed by atoms with E-state index in [1.807, 2.05) is 5.32 Å². The van der Waals surface area contributed by atoms with Gasteiger partial charge in [0.05, 0.1) is 17.0 Å². The number of halogens is 5. The molecule has 2 bridgehead atoms. The number of anilines is 1. The normalized spacial score (nSPS) is 19.4. The summed E-state index contributed by atoms with van der Waals surface area (Å²) in [5, 5.41) is 11.5. The summed E-state index contributed by atoms with van der Waals surface area (Å²) >= 11 is 0.735. The number of pyridine rings is 1. The van der Waals surface area contributed by atoms with Gasteiger partial charge < -0.3 is 20.2 Å². The second-order valence-electron chi connectivity index (χ2n) is 10.1. The van der Waals surface area contributed by atoms with Gasteiger partial charge in [-0.05, 0) is 45.6 Å². The Hall–Kier alpha value is -2.87. The van der Waals surface area contributed by atoms with E-state index in [1.165, 1.54) is 11.9 Å². The number of aliphatic hydroxyl groups excluding tert-OH is 1. The van der Waals surface area contributed by atoms with Crippen molar-refractivity contribution in [1.82, 2.24) is 19.8 Å². The molecule has 38 heavy (non-hydrogen) atoms. The minimum atomic E-state index is -4.58. The number of hydrogen-bond donors (Lipinski definition) is 2. The molecular weight excluding hydrogens is 533 g/mol. The summed E-state index contributed by atoms with van der Waals surface area (Å²) in [6.07, 6.45) is -3.45. The van der Waals surface area contributed by atoms with Gasteiger partial charge in [-0.2, -0.15) is 13.2 Å². The minimum Gasteiger partial charge on any atom is -0.394 e.